The van der Waals surface area contributed by atoms with E-state index in [-0.39, 0.29) is 12.4 Å². The van der Waals surface area contributed by atoms with Crippen LogP contribution in [0.3, 0.4) is 0 Å². The summed E-state index contributed by atoms with van der Waals surface area (Å²) in [6.07, 6.45) is 6.06. The smallest absolute Gasteiger partial charge is 0.226 e. The summed E-state index contributed by atoms with van der Waals surface area (Å²) in [5.41, 5.74) is 0.395. The average molecular weight is 287 g/mol. The third-order valence-corrected chi connectivity index (χ3v) is 4.92. The Morgan fingerprint density at radius 1 is 1.32 bits per heavy atom. The Hall–Kier alpha value is -0.280. The summed E-state index contributed by atoms with van der Waals surface area (Å²) in [4.78, 5) is 14.9. The van der Waals surface area contributed by atoms with Gasteiger partial charge >= 0.3 is 0 Å². The molecule has 0 bridgehead atoms. The topological polar surface area (TPSA) is 32.3 Å². The van der Waals surface area contributed by atoms with Gasteiger partial charge in [-0.05, 0) is 56.5 Å². The molecule has 1 saturated heterocycles. The van der Waals surface area contributed by atoms with Crippen LogP contribution >= 0.6 is 12.4 Å². The van der Waals surface area contributed by atoms with Crippen molar-refractivity contribution in [3.63, 3.8) is 0 Å². The van der Waals surface area contributed by atoms with Crippen LogP contribution in [-0.4, -0.2) is 36.5 Å². The molecule has 3 nitrogen and oxygen atoms in total. The maximum atomic E-state index is 12.7. The Balaban J connectivity index is 0.00000133. The number of carbonyl (C=O) groups excluding carboxylic acids is 1. The maximum Gasteiger partial charge on any atom is 0.226 e. The van der Waals surface area contributed by atoms with E-state index in [1.165, 1.54) is 25.7 Å². The van der Waals surface area contributed by atoms with Gasteiger partial charge in [-0.2, -0.15) is 0 Å². The monoisotopic (exact) mass is 286 g/mol. The summed E-state index contributed by atoms with van der Waals surface area (Å²) >= 11 is 0. The number of hydrogen-bond donors (Lipinski definition) is 1. The van der Waals surface area contributed by atoms with Crippen molar-refractivity contribution in [3.05, 3.63) is 0 Å². The molecule has 0 aromatic rings. The van der Waals surface area contributed by atoms with Crippen LogP contribution in [-0.2, 0) is 4.79 Å². The lowest BCUT2D eigenvalue weighted by Gasteiger charge is -2.28. The SMILES string of the molecule is CC(C)CN(C(=O)C1CC12CCNCC2)C1CC1.Cl. The number of amides is 1. The van der Waals surface area contributed by atoms with Crippen molar-refractivity contribution in [2.45, 2.75) is 52.0 Å². The molecule has 1 heterocycles. The molecule has 3 aliphatic rings. The molecule has 1 spiro atoms. The lowest BCUT2D eigenvalue weighted by Crippen LogP contribution is -2.39. The van der Waals surface area contributed by atoms with Crippen LogP contribution in [0.1, 0.15) is 46.0 Å². The van der Waals surface area contributed by atoms with Crippen molar-refractivity contribution in [1.29, 1.82) is 0 Å². The Morgan fingerprint density at radius 2 is 1.95 bits per heavy atom. The molecule has 1 amide bonds. The van der Waals surface area contributed by atoms with Crippen LogP contribution in [0.25, 0.3) is 0 Å². The van der Waals surface area contributed by atoms with Gasteiger partial charge in [0.25, 0.3) is 0 Å². The van der Waals surface area contributed by atoms with E-state index >= 15 is 0 Å². The Morgan fingerprint density at radius 3 is 2.47 bits per heavy atom. The molecule has 0 aromatic carbocycles. The van der Waals surface area contributed by atoms with E-state index in [1.807, 2.05) is 0 Å². The predicted octanol–water partition coefficient (Wildman–Crippen LogP) is 2.44. The minimum atomic E-state index is 0. The fourth-order valence-electron chi connectivity index (χ4n) is 3.57. The van der Waals surface area contributed by atoms with Gasteiger partial charge in [0.15, 0.2) is 0 Å². The summed E-state index contributed by atoms with van der Waals surface area (Å²) in [5, 5.41) is 3.41. The van der Waals surface area contributed by atoms with Crippen LogP contribution in [0.4, 0.5) is 0 Å². The van der Waals surface area contributed by atoms with Gasteiger partial charge in [0.05, 0.1) is 0 Å². The molecule has 1 unspecified atom stereocenters. The molecule has 110 valence electrons. The maximum absolute atomic E-state index is 12.7. The van der Waals surface area contributed by atoms with Gasteiger partial charge in [-0.15, -0.1) is 12.4 Å². The average Bonchev–Trinajstić information content (AvgIpc) is 3.23. The summed E-state index contributed by atoms with van der Waals surface area (Å²) in [6.45, 7) is 7.62. The summed E-state index contributed by atoms with van der Waals surface area (Å²) in [7, 11) is 0. The van der Waals surface area contributed by atoms with E-state index in [2.05, 4.69) is 24.1 Å². The number of rotatable bonds is 4. The first kappa shape index (κ1) is 15.1. The van der Waals surface area contributed by atoms with Crippen LogP contribution < -0.4 is 5.32 Å². The molecular weight excluding hydrogens is 260 g/mol. The highest BCUT2D eigenvalue weighted by atomic mass is 35.5. The second-order valence-electron chi connectivity index (χ2n) is 6.98. The van der Waals surface area contributed by atoms with Gasteiger partial charge in [-0.1, -0.05) is 13.8 Å². The highest BCUT2D eigenvalue weighted by Crippen LogP contribution is 2.59. The quantitative estimate of drug-likeness (QED) is 0.861. The van der Waals surface area contributed by atoms with Gasteiger partial charge in [-0.25, -0.2) is 0 Å². The van der Waals surface area contributed by atoms with Crippen LogP contribution in [0, 0.1) is 17.3 Å². The molecule has 0 radical (unpaired) electrons. The molecule has 0 aromatic heterocycles. The second-order valence-corrected chi connectivity index (χ2v) is 6.98. The molecule has 3 fully saturated rings. The van der Waals surface area contributed by atoms with Gasteiger partial charge in [-0.3, -0.25) is 4.79 Å². The normalized spacial score (nSPS) is 28.1. The fourth-order valence-corrected chi connectivity index (χ4v) is 3.57. The van der Waals surface area contributed by atoms with E-state index in [4.69, 9.17) is 0 Å². The first-order valence-corrected chi connectivity index (χ1v) is 7.63. The Kier molecular flexibility index (Phi) is 4.46. The van der Waals surface area contributed by atoms with Gasteiger partial charge in [0.2, 0.25) is 5.91 Å². The van der Waals surface area contributed by atoms with Gasteiger partial charge in [0, 0.05) is 18.5 Å². The summed E-state index contributed by atoms with van der Waals surface area (Å²) in [6, 6.07) is 0.583. The fraction of sp³-hybridized carbons (Fsp3) is 0.933. The molecule has 3 rings (SSSR count). The van der Waals surface area contributed by atoms with Crippen LogP contribution in [0.2, 0.25) is 0 Å². The van der Waals surface area contributed by atoms with Crippen molar-refractivity contribution in [2.24, 2.45) is 17.3 Å². The van der Waals surface area contributed by atoms with E-state index in [9.17, 15) is 4.79 Å². The zero-order valence-corrected chi connectivity index (χ0v) is 13.0. The predicted molar refractivity (Wildman–Crippen MR) is 79.5 cm³/mol. The standard InChI is InChI=1S/C15H26N2O.ClH/c1-11(2)10-17(12-3-4-12)14(18)13-9-15(13)5-7-16-8-6-15;/h11-13,16H,3-10H2,1-2H3;1H. The third kappa shape index (κ3) is 3.08. The molecule has 2 saturated carbocycles. The second kappa shape index (κ2) is 5.61. The molecule has 1 atom stereocenters. The van der Waals surface area contributed by atoms with Gasteiger partial charge < -0.3 is 10.2 Å². The van der Waals surface area contributed by atoms with Crippen molar-refractivity contribution < 1.29 is 4.79 Å². The van der Waals surface area contributed by atoms with Crippen molar-refractivity contribution in [3.8, 4) is 0 Å². The Labute approximate surface area is 122 Å². The highest BCUT2D eigenvalue weighted by molar-refractivity contribution is 5.85. The first-order valence-electron chi connectivity index (χ1n) is 7.63. The van der Waals surface area contributed by atoms with E-state index < -0.39 is 0 Å². The Bertz CT molecular complexity index is 335. The third-order valence-electron chi connectivity index (χ3n) is 4.92. The zero-order valence-electron chi connectivity index (χ0n) is 12.2. The molecular formula is C15H27ClN2O. The van der Waals surface area contributed by atoms with E-state index in [1.54, 1.807) is 0 Å². The molecule has 19 heavy (non-hydrogen) atoms. The number of hydrogen-bond acceptors (Lipinski definition) is 2. The molecule has 2 aliphatic carbocycles. The van der Waals surface area contributed by atoms with Crippen molar-refractivity contribution >= 4 is 18.3 Å². The highest BCUT2D eigenvalue weighted by Gasteiger charge is 2.59. The lowest BCUT2D eigenvalue weighted by molar-refractivity contribution is -0.134. The summed E-state index contributed by atoms with van der Waals surface area (Å²) in [5.74, 6) is 1.43. The zero-order chi connectivity index (χ0) is 12.8. The van der Waals surface area contributed by atoms with Gasteiger partial charge in [0.1, 0.15) is 0 Å². The first-order chi connectivity index (χ1) is 8.62. The minimum absolute atomic E-state index is 0. The molecule has 4 heteroatoms. The van der Waals surface area contributed by atoms with Crippen LogP contribution in [0.5, 0.6) is 0 Å². The van der Waals surface area contributed by atoms with Crippen molar-refractivity contribution in [1.82, 2.24) is 10.2 Å². The lowest BCUT2D eigenvalue weighted by atomic mass is 9.91. The van der Waals surface area contributed by atoms with E-state index in [0.29, 0.717) is 29.2 Å². The van der Waals surface area contributed by atoms with Crippen LogP contribution in [0.15, 0.2) is 0 Å². The number of halogens is 1. The largest absolute Gasteiger partial charge is 0.339 e. The number of piperidine rings is 1. The van der Waals surface area contributed by atoms with E-state index in [0.717, 1.165) is 26.1 Å². The minimum Gasteiger partial charge on any atom is -0.339 e. The number of carbonyl (C=O) groups is 1. The molecule has 1 aliphatic heterocycles. The molecule has 1 N–H and O–H groups in total. The van der Waals surface area contributed by atoms with Crippen molar-refractivity contribution in [2.75, 3.05) is 19.6 Å². The number of nitrogens with one attached hydrogen (secondary N) is 1. The summed E-state index contributed by atoms with van der Waals surface area (Å²) < 4.78 is 0. The number of nitrogens with zero attached hydrogens (tertiary/aromatic N) is 1.